The van der Waals surface area contributed by atoms with Gasteiger partial charge in [0.05, 0.1) is 0 Å². The van der Waals surface area contributed by atoms with Crippen molar-refractivity contribution in [3.05, 3.63) is 24.0 Å². The quantitative estimate of drug-likeness (QED) is 0.693. The van der Waals surface area contributed by atoms with Gasteiger partial charge in [-0.1, -0.05) is 0 Å². The first-order valence-electron chi connectivity index (χ1n) is 5.40. The first-order valence-corrected chi connectivity index (χ1v) is 5.40. The van der Waals surface area contributed by atoms with Crippen molar-refractivity contribution in [1.82, 2.24) is 15.2 Å². The Kier molecular flexibility index (Phi) is 2.95. The van der Waals surface area contributed by atoms with Crippen LogP contribution in [0.5, 0.6) is 0 Å². The Labute approximate surface area is 98.8 Å². The summed E-state index contributed by atoms with van der Waals surface area (Å²) in [7, 11) is 0. The molecule has 0 spiro atoms. The molecule has 2 amide bonds. The minimum atomic E-state index is -0.473. The predicted octanol–water partition coefficient (Wildman–Crippen LogP) is -0.376. The van der Waals surface area contributed by atoms with E-state index in [1.165, 1.54) is 17.2 Å². The number of carbonyl (C=O) groups is 2. The summed E-state index contributed by atoms with van der Waals surface area (Å²) in [4.78, 5) is 29.1. The zero-order valence-electron chi connectivity index (χ0n) is 9.51. The monoisotopic (exact) mass is 234 g/mol. The average molecular weight is 234 g/mol. The molecule has 3 N–H and O–H groups in total. The summed E-state index contributed by atoms with van der Waals surface area (Å²) in [5, 5.41) is 2.70. The van der Waals surface area contributed by atoms with Crippen LogP contribution < -0.4 is 11.1 Å². The lowest BCUT2D eigenvalue weighted by molar-refractivity contribution is -0.127. The molecule has 6 nitrogen and oxygen atoms in total. The van der Waals surface area contributed by atoms with Gasteiger partial charge < -0.3 is 16.0 Å². The molecule has 17 heavy (non-hydrogen) atoms. The number of pyridine rings is 1. The maximum atomic E-state index is 12.1. The molecule has 0 bridgehead atoms. The second-order valence-electron chi connectivity index (χ2n) is 3.94. The molecule has 0 radical (unpaired) electrons. The molecule has 0 aromatic carbocycles. The first kappa shape index (κ1) is 11.4. The minimum Gasteiger partial charge on any atom is -0.399 e. The van der Waals surface area contributed by atoms with E-state index in [9.17, 15) is 9.59 Å². The second kappa shape index (κ2) is 4.40. The number of carbonyl (C=O) groups excluding carboxylic acids is 2. The number of amides is 2. The number of nitrogens with two attached hydrogens (primary N) is 1. The SMILES string of the molecule is CC1C(=O)NCCN1C(=O)c1cc(N)ccn1. The zero-order valence-corrected chi connectivity index (χ0v) is 9.51. The lowest BCUT2D eigenvalue weighted by Gasteiger charge is -2.32. The fourth-order valence-electron chi connectivity index (χ4n) is 1.77. The van der Waals surface area contributed by atoms with Crippen LogP contribution in [0.3, 0.4) is 0 Å². The van der Waals surface area contributed by atoms with Crippen LogP contribution >= 0.6 is 0 Å². The highest BCUT2D eigenvalue weighted by Gasteiger charge is 2.30. The van der Waals surface area contributed by atoms with Crippen molar-refractivity contribution in [3.8, 4) is 0 Å². The average Bonchev–Trinajstić information content (AvgIpc) is 2.32. The van der Waals surface area contributed by atoms with Gasteiger partial charge in [0.2, 0.25) is 5.91 Å². The summed E-state index contributed by atoms with van der Waals surface area (Å²) in [5.74, 6) is -0.409. The Morgan fingerprint density at radius 2 is 2.41 bits per heavy atom. The molecular formula is C11H14N4O2. The van der Waals surface area contributed by atoms with Gasteiger partial charge in [-0.2, -0.15) is 0 Å². The molecule has 1 aliphatic heterocycles. The third kappa shape index (κ3) is 2.20. The highest BCUT2D eigenvalue weighted by Crippen LogP contribution is 2.11. The molecule has 6 heteroatoms. The highest BCUT2D eigenvalue weighted by atomic mass is 16.2. The molecule has 1 aromatic heterocycles. The Morgan fingerprint density at radius 1 is 1.65 bits per heavy atom. The van der Waals surface area contributed by atoms with Gasteiger partial charge in [-0.3, -0.25) is 14.6 Å². The molecule has 1 unspecified atom stereocenters. The number of nitrogens with zero attached hydrogens (tertiary/aromatic N) is 2. The van der Waals surface area contributed by atoms with Crippen molar-refractivity contribution in [3.63, 3.8) is 0 Å². The van der Waals surface area contributed by atoms with E-state index in [0.717, 1.165) is 0 Å². The fraction of sp³-hybridized carbons (Fsp3) is 0.364. The fourth-order valence-corrected chi connectivity index (χ4v) is 1.77. The van der Waals surface area contributed by atoms with Crippen LogP contribution in [0.4, 0.5) is 5.69 Å². The van der Waals surface area contributed by atoms with E-state index in [0.29, 0.717) is 18.8 Å². The van der Waals surface area contributed by atoms with E-state index in [4.69, 9.17) is 5.73 Å². The minimum absolute atomic E-state index is 0.145. The molecule has 1 saturated heterocycles. The number of hydrogen-bond donors (Lipinski definition) is 2. The maximum Gasteiger partial charge on any atom is 0.273 e. The van der Waals surface area contributed by atoms with Gasteiger partial charge in [0.15, 0.2) is 0 Å². The van der Waals surface area contributed by atoms with Gasteiger partial charge >= 0.3 is 0 Å². The Morgan fingerprint density at radius 3 is 3.12 bits per heavy atom. The molecule has 1 atom stereocenters. The Hall–Kier alpha value is -2.11. The van der Waals surface area contributed by atoms with E-state index in [1.54, 1.807) is 13.0 Å². The lowest BCUT2D eigenvalue weighted by atomic mass is 10.2. The van der Waals surface area contributed by atoms with Crippen LogP contribution in [0.15, 0.2) is 18.3 Å². The van der Waals surface area contributed by atoms with E-state index < -0.39 is 6.04 Å². The first-order chi connectivity index (χ1) is 8.09. The second-order valence-corrected chi connectivity index (χ2v) is 3.94. The van der Waals surface area contributed by atoms with Gasteiger partial charge in [0, 0.05) is 25.0 Å². The number of rotatable bonds is 1. The summed E-state index contributed by atoms with van der Waals surface area (Å²) in [6.45, 7) is 2.65. The van der Waals surface area contributed by atoms with Crippen molar-refractivity contribution < 1.29 is 9.59 Å². The van der Waals surface area contributed by atoms with E-state index in [2.05, 4.69) is 10.3 Å². The van der Waals surface area contributed by atoms with Crippen LogP contribution in [0.1, 0.15) is 17.4 Å². The maximum absolute atomic E-state index is 12.1. The molecule has 1 aliphatic rings. The number of nitrogen functional groups attached to an aromatic ring is 1. The number of hydrogen-bond acceptors (Lipinski definition) is 4. The van der Waals surface area contributed by atoms with Gasteiger partial charge in [0.1, 0.15) is 11.7 Å². The van der Waals surface area contributed by atoms with Crippen LogP contribution in [0.25, 0.3) is 0 Å². The molecule has 1 aromatic rings. The van der Waals surface area contributed by atoms with Crippen molar-refractivity contribution in [2.75, 3.05) is 18.8 Å². The topological polar surface area (TPSA) is 88.3 Å². The third-order valence-electron chi connectivity index (χ3n) is 2.76. The molecule has 90 valence electrons. The van der Waals surface area contributed by atoms with E-state index in [-0.39, 0.29) is 17.5 Å². The molecule has 2 heterocycles. The van der Waals surface area contributed by atoms with Crippen molar-refractivity contribution >= 4 is 17.5 Å². The van der Waals surface area contributed by atoms with Crippen molar-refractivity contribution in [1.29, 1.82) is 0 Å². The smallest absolute Gasteiger partial charge is 0.273 e. The summed E-state index contributed by atoms with van der Waals surface area (Å²) in [5.41, 5.74) is 6.35. The highest BCUT2D eigenvalue weighted by molar-refractivity contribution is 5.97. The van der Waals surface area contributed by atoms with Crippen LogP contribution in [-0.2, 0) is 4.79 Å². The molecular weight excluding hydrogens is 220 g/mol. The van der Waals surface area contributed by atoms with Gasteiger partial charge in [-0.25, -0.2) is 0 Å². The van der Waals surface area contributed by atoms with Gasteiger partial charge in [0.25, 0.3) is 5.91 Å². The van der Waals surface area contributed by atoms with Crippen LogP contribution in [0, 0.1) is 0 Å². The van der Waals surface area contributed by atoms with E-state index >= 15 is 0 Å². The summed E-state index contributed by atoms with van der Waals surface area (Å²) in [6, 6.07) is 2.66. The molecule has 0 aliphatic carbocycles. The lowest BCUT2D eigenvalue weighted by Crippen LogP contribution is -2.55. The number of anilines is 1. The largest absolute Gasteiger partial charge is 0.399 e. The molecule has 0 saturated carbocycles. The van der Waals surface area contributed by atoms with E-state index in [1.807, 2.05) is 0 Å². The van der Waals surface area contributed by atoms with Gasteiger partial charge in [-0.05, 0) is 19.1 Å². The standard InChI is InChI=1S/C11H14N4O2/c1-7-10(16)14-4-5-15(7)11(17)9-6-8(12)2-3-13-9/h2-3,6-7H,4-5H2,1H3,(H2,12,13)(H,14,16). The van der Waals surface area contributed by atoms with Crippen LogP contribution in [-0.4, -0.2) is 40.8 Å². The van der Waals surface area contributed by atoms with Crippen molar-refractivity contribution in [2.45, 2.75) is 13.0 Å². The summed E-state index contributed by atoms with van der Waals surface area (Å²) >= 11 is 0. The van der Waals surface area contributed by atoms with Gasteiger partial charge in [-0.15, -0.1) is 0 Å². The summed E-state index contributed by atoms with van der Waals surface area (Å²) < 4.78 is 0. The zero-order chi connectivity index (χ0) is 12.4. The normalized spacial score (nSPS) is 19.9. The number of nitrogens with one attached hydrogen (secondary N) is 1. The number of aromatic nitrogens is 1. The van der Waals surface area contributed by atoms with Crippen LogP contribution in [0.2, 0.25) is 0 Å². The number of piperazine rings is 1. The predicted molar refractivity (Wildman–Crippen MR) is 62.2 cm³/mol. The summed E-state index contributed by atoms with van der Waals surface area (Å²) in [6.07, 6.45) is 1.48. The molecule has 2 rings (SSSR count). The molecule has 1 fully saturated rings. The third-order valence-corrected chi connectivity index (χ3v) is 2.76. The van der Waals surface area contributed by atoms with Crippen molar-refractivity contribution in [2.24, 2.45) is 0 Å². The Balaban J connectivity index is 2.22. The Bertz CT molecular complexity index is 461.